The van der Waals surface area contributed by atoms with E-state index in [-0.39, 0.29) is 6.10 Å². The monoisotopic (exact) mass is 269 g/mol. The van der Waals surface area contributed by atoms with Crippen LogP contribution in [0.15, 0.2) is 24.3 Å². The Bertz CT molecular complexity index is 339. The number of ether oxygens (including phenoxy) is 1. The summed E-state index contributed by atoms with van der Waals surface area (Å²) in [7, 11) is 1.78. The molecule has 0 saturated heterocycles. The second-order valence-electron chi connectivity index (χ2n) is 4.58. The molecule has 2 nitrogen and oxygen atoms in total. The third-order valence-electron chi connectivity index (χ3n) is 3.16. The lowest BCUT2D eigenvalue weighted by Crippen LogP contribution is -2.42. The molecule has 0 radical (unpaired) electrons. The minimum atomic E-state index is 0.246. The first-order valence-electron chi connectivity index (χ1n) is 6.71. The van der Waals surface area contributed by atoms with Gasteiger partial charge in [0, 0.05) is 18.2 Å². The first-order valence-corrected chi connectivity index (χ1v) is 7.09. The van der Waals surface area contributed by atoms with E-state index in [4.69, 9.17) is 16.3 Å². The molecule has 0 aliphatic carbocycles. The highest BCUT2D eigenvalue weighted by Crippen LogP contribution is 2.15. The third-order valence-corrected chi connectivity index (χ3v) is 3.39. The average Bonchev–Trinajstić information content (AvgIpc) is 2.37. The van der Waals surface area contributed by atoms with Crippen LogP contribution in [0.3, 0.4) is 0 Å². The van der Waals surface area contributed by atoms with Crippen molar-refractivity contribution in [3.63, 3.8) is 0 Å². The number of rotatable bonds is 8. The SMILES string of the molecule is CCCNC(Cc1cccc(Cl)c1)C(CC)OC. The molecular formula is C15H24ClNO. The molecule has 0 saturated carbocycles. The highest BCUT2D eigenvalue weighted by Gasteiger charge is 2.19. The Morgan fingerprint density at radius 3 is 2.67 bits per heavy atom. The van der Waals surface area contributed by atoms with Gasteiger partial charge in [0.15, 0.2) is 0 Å². The highest BCUT2D eigenvalue weighted by atomic mass is 35.5. The number of benzene rings is 1. The molecule has 0 aliphatic rings. The van der Waals surface area contributed by atoms with Gasteiger partial charge in [-0.15, -0.1) is 0 Å². The van der Waals surface area contributed by atoms with Crippen molar-refractivity contribution in [1.82, 2.24) is 5.32 Å². The fourth-order valence-electron chi connectivity index (χ4n) is 2.20. The standard InChI is InChI=1S/C15H24ClNO/c1-4-9-17-14(15(5-2)18-3)11-12-7-6-8-13(16)10-12/h6-8,10,14-15,17H,4-5,9,11H2,1-3H3. The molecule has 0 amide bonds. The van der Waals surface area contributed by atoms with Crippen molar-refractivity contribution in [3.8, 4) is 0 Å². The van der Waals surface area contributed by atoms with Crippen LogP contribution in [0.4, 0.5) is 0 Å². The first kappa shape index (κ1) is 15.5. The summed E-state index contributed by atoms with van der Waals surface area (Å²) >= 11 is 6.03. The summed E-state index contributed by atoms with van der Waals surface area (Å²) in [4.78, 5) is 0. The van der Waals surface area contributed by atoms with E-state index >= 15 is 0 Å². The van der Waals surface area contributed by atoms with Crippen molar-refractivity contribution in [1.29, 1.82) is 0 Å². The molecule has 1 aromatic carbocycles. The predicted octanol–water partition coefficient (Wildman–Crippen LogP) is 3.68. The van der Waals surface area contributed by atoms with Crippen LogP contribution >= 0.6 is 11.6 Å². The maximum Gasteiger partial charge on any atom is 0.0724 e. The normalized spacial score (nSPS) is 14.4. The Labute approximate surface area is 116 Å². The predicted molar refractivity (Wildman–Crippen MR) is 78.3 cm³/mol. The van der Waals surface area contributed by atoms with Crippen molar-refractivity contribution in [3.05, 3.63) is 34.9 Å². The summed E-state index contributed by atoms with van der Waals surface area (Å²) in [6.07, 6.45) is 3.34. The van der Waals surface area contributed by atoms with Gasteiger partial charge in [0.1, 0.15) is 0 Å². The van der Waals surface area contributed by atoms with Gasteiger partial charge in [-0.25, -0.2) is 0 Å². The van der Waals surface area contributed by atoms with E-state index in [0.717, 1.165) is 30.8 Å². The maximum absolute atomic E-state index is 6.03. The van der Waals surface area contributed by atoms with Gasteiger partial charge in [0.2, 0.25) is 0 Å². The molecule has 0 fully saturated rings. The smallest absolute Gasteiger partial charge is 0.0724 e. The molecule has 0 aromatic heterocycles. The van der Waals surface area contributed by atoms with Crippen LogP contribution in [0.2, 0.25) is 5.02 Å². The Morgan fingerprint density at radius 2 is 2.11 bits per heavy atom. The topological polar surface area (TPSA) is 21.3 Å². The van der Waals surface area contributed by atoms with Crippen molar-refractivity contribution in [2.24, 2.45) is 0 Å². The summed E-state index contributed by atoms with van der Waals surface area (Å²) in [6.45, 7) is 5.36. The third kappa shape index (κ3) is 4.97. The molecule has 2 unspecified atom stereocenters. The van der Waals surface area contributed by atoms with Gasteiger partial charge in [-0.2, -0.15) is 0 Å². The van der Waals surface area contributed by atoms with Gasteiger partial charge >= 0.3 is 0 Å². The lowest BCUT2D eigenvalue weighted by Gasteiger charge is -2.26. The highest BCUT2D eigenvalue weighted by molar-refractivity contribution is 6.30. The fourth-order valence-corrected chi connectivity index (χ4v) is 2.41. The Balaban J connectivity index is 2.70. The second-order valence-corrected chi connectivity index (χ2v) is 5.01. The summed E-state index contributed by atoms with van der Waals surface area (Å²) in [6, 6.07) is 8.41. The number of nitrogens with one attached hydrogen (secondary N) is 1. The van der Waals surface area contributed by atoms with Gasteiger partial charge in [-0.05, 0) is 43.5 Å². The first-order chi connectivity index (χ1) is 8.71. The molecule has 2 atom stereocenters. The van der Waals surface area contributed by atoms with Crippen LogP contribution in [0.1, 0.15) is 32.3 Å². The van der Waals surface area contributed by atoms with Crippen molar-refractivity contribution in [2.45, 2.75) is 45.3 Å². The molecule has 0 heterocycles. The maximum atomic E-state index is 6.03. The van der Waals surface area contributed by atoms with Gasteiger partial charge in [-0.3, -0.25) is 0 Å². The van der Waals surface area contributed by atoms with E-state index in [9.17, 15) is 0 Å². The summed E-state index contributed by atoms with van der Waals surface area (Å²) < 4.78 is 5.57. The minimum Gasteiger partial charge on any atom is -0.380 e. The van der Waals surface area contributed by atoms with E-state index in [1.807, 2.05) is 18.2 Å². The molecule has 0 spiro atoms. The zero-order valence-electron chi connectivity index (χ0n) is 11.6. The molecule has 0 bridgehead atoms. The Kier molecular flexibility index (Phi) is 7.33. The largest absolute Gasteiger partial charge is 0.380 e. The lowest BCUT2D eigenvalue weighted by molar-refractivity contribution is 0.0653. The molecule has 3 heteroatoms. The van der Waals surface area contributed by atoms with Gasteiger partial charge in [0.25, 0.3) is 0 Å². The van der Waals surface area contributed by atoms with Gasteiger partial charge in [-0.1, -0.05) is 37.6 Å². The molecule has 1 rings (SSSR count). The van der Waals surface area contributed by atoms with Crippen LogP contribution < -0.4 is 5.32 Å². The van der Waals surface area contributed by atoms with E-state index in [0.29, 0.717) is 6.04 Å². The molecule has 102 valence electrons. The Morgan fingerprint density at radius 1 is 1.33 bits per heavy atom. The zero-order valence-corrected chi connectivity index (χ0v) is 12.3. The molecule has 0 aliphatic heterocycles. The second kappa shape index (κ2) is 8.52. The lowest BCUT2D eigenvalue weighted by atomic mass is 9.99. The average molecular weight is 270 g/mol. The van der Waals surface area contributed by atoms with E-state index < -0.39 is 0 Å². The number of hydrogen-bond donors (Lipinski definition) is 1. The number of methoxy groups -OCH3 is 1. The number of halogens is 1. The quantitative estimate of drug-likeness (QED) is 0.777. The van der Waals surface area contributed by atoms with Gasteiger partial charge < -0.3 is 10.1 Å². The van der Waals surface area contributed by atoms with Crippen molar-refractivity contribution in [2.75, 3.05) is 13.7 Å². The van der Waals surface area contributed by atoms with E-state index in [1.54, 1.807) is 7.11 Å². The zero-order chi connectivity index (χ0) is 13.4. The molecule has 1 aromatic rings. The van der Waals surface area contributed by atoms with E-state index in [1.165, 1.54) is 5.56 Å². The fraction of sp³-hybridized carbons (Fsp3) is 0.600. The van der Waals surface area contributed by atoms with Crippen LogP contribution in [0.5, 0.6) is 0 Å². The van der Waals surface area contributed by atoms with Gasteiger partial charge in [0.05, 0.1) is 6.10 Å². The molecule has 1 N–H and O–H groups in total. The van der Waals surface area contributed by atoms with Crippen molar-refractivity contribution < 1.29 is 4.74 Å². The summed E-state index contributed by atoms with van der Waals surface area (Å²) in [5.74, 6) is 0. The molecular weight excluding hydrogens is 246 g/mol. The number of hydrogen-bond acceptors (Lipinski definition) is 2. The minimum absolute atomic E-state index is 0.246. The van der Waals surface area contributed by atoms with Crippen molar-refractivity contribution >= 4 is 11.6 Å². The van der Waals surface area contributed by atoms with Crippen LogP contribution in [-0.2, 0) is 11.2 Å². The summed E-state index contributed by atoms with van der Waals surface area (Å²) in [5, 5.41) is 4.37. The van der Waals surface area contributed by atoms with Crippen LogP contribution in [-0.4, -0.2) is 25.8 Å². The van der Waals surface area contributed by atoms with Crippen LogP contribution in [0.25, 0.3) is 0 Å². The Hall–Kier alpha value is -0.570. The molecule has 18 heavy (non-hydrogen) atoms. The summed E-state index contributed by atoms with van der Waals surface area (Å²) in [5.41, 5.74) is 1.26. The van der Waals surface area contributed by atoms with Crippen LogP contribution in [0, 0.1) is 0 Å². The van der Waals surface area contributed by atoms with E-state index in [2.05, 4.69) is 25.2 Å².